The Labute approximate surface area is 107 Å². The summed E-state index contributed by atoms with van der Waals surface area (Å²) in [7, 11) is 1.94. The van der Waals surface area contributed by atoms with E-state index in [2.05, 4.69) is 29.4 Å². The highest BCUT2D eigenvalue weighted by Crippen LogP contribution is 2.29. The first kappa shape index (κ1) is 12.8. The van der Waals surface area contributed by atoms with Gasteiger partial charge in [-0.3, -0.25) is 4.68 Å². The maximum Gasteiger partial charge on any atom is 0.175 e. The third-order valence-electron chi connectivity index (χ3n) is 3.08. The Balaban J connectivity index is 2.36. The highest BCUT2D eigenvalue weighted by atomic mass is 16.5. The van der Waals surface area contributed by atoms with E-state index < -0.39 is 0 Å². The minimum absolute atomic E-state index is 0.434. The molecule has 2 aromatic rings. The molecule has 0 atom stereocenters. The summed E-state index contributed by atoms with van der Waals surface area (Å²) in [6.45, 7) is 9.02. The smallest absolute Gasteiger partial charge is 0.175 e. The van der Waals surface area contributed by atoms with Crippen molar-refractivity contribution in [2.24, 2.45) is 7.05 Å². The minimum Gasteiger partial charge on any atom is -0.356 e. The van der Waals surface area contributed by atoms with E-state index >= 15 is 0 Å². The van der Waals surface area contributed by atoms with Crippen LogP contribution in [-0.4, -0.2) is 21.0 Å². The van der Waals surface area contributed by atoms with Crippen LogP contribution in [0.2, 0.25) is 0 Å². The van der Waals surface area contributed by atoms with Crippen LogP contribution in [0.5, 0.6) is 0 Å². The lowest BCUT2D eigenvalue weighted by Gasteiger charge is -2.07. The Morgan fingerprint density at radius 3 is 2.67 bits per heavy atom. The van der Waals surface area contributed by atoms with Crippen molar-refractivity contribution in [2.45, 2.75) is 40.3 Å². The molecule has 0 spiro atoms. The van der Waals surface area contributed by atoms with Crippen LogP contribution in [0.25, 0.3) is 11.3 Å². The molecule has 0 saturated carbocycles. The largest absolute Gasteiger partial charge is 0.356 e. The fraction of sp³-hybridized carbons (Fsp3) is 0.538. The third kappa shape index (κ3) is 2.31. The lowest BCUT2D eigenvalue weighted by atomic mass is 10.1. The van der Waals surface area contributed by atoms with Gasteiger partial charge in [0, 0.05) is 30.9 Å². The Kier molecular flexibility index (Phi) is 3.52. The van der Waals surface area contributed by atoms with Crippen LogP contribution in [0.3, 0.4) is 0 Å². The molecule has 0 radical (unpaired) electrons. The van der Waals surface area contributed by atoms with Gasteiger partial charge in [-0.05, 0) is 13.8 Å². The second-order valence-corrected chi connectivity index (χ2v) is 4.89. The Bertz CT molecular complexity index is 539. The normalized spacial score (nSPS) is 11.4. The molecule has 0 bridgehead atoms. The van der Waals surface area contributed by atoms with E-state index in [0.717, 1.165) is 34.8 Å². The number of nitrogens with one attached hydrogen (secondary N) is 1. The molecule has 18 heavy (non-hydrogen) atoms. The van der Waals surface area contributed by atoms with Gasteiger partial charge in [0.2, 0.25) is 0 Å². The number of hydrogen-bond donors (Lipinski definition) is 1. The molecule has 0 aliphatic heterocycles. The van der Waals surface area contributed by atoms with E-state index in [1.165, 1.54) is 0 Å². The molecule has 0 amide bonds. The van der Waals surface area contributed by atoms with E-state index in [1.54, 1.807) is 6.20 Å². The van der Waals surface area contributed by atoms with Crippen molar-refractivity contribution >= 4 is 0 Å². The van der Waals surface area contributed by atoms with Crippen LogP contribution in [0, 0.1) is 13.8 Å². The molecule has 0 fully saturated rings. The van der Waals surface area contributed by atoms with Gasteiger partial charge in [-0.2, -0.15) is 5.10 Å². The first-order chi connectivity index (χ1) is 8.50. The lowest BCUT2D eigenvalue weighted by molar-refractivity contribution is 0.430. The quantitative estimate of drug-likeness (QED) is 0.901. The van der Waals surface area contributed by atoms with Gasteiger partial charge in [0.1, 0.15) is 0 Å². The number of aryl methyl sites for hydroxylation is 2. The van der Waals surface area contributed by atoms with Crippen LogP contribution < -0.4 is 5.32 Å². The van der Waals surface area contributed by atoms with E-state index in [4.69, 9.17) is 4.52 Å². The predicted molar refractivity (Wildman–Crippen MR) is 70.2 cm³/mol. The summed E-state index contributed by atoms with van der Waals surface area (Å²) in [5.41, 5.74) is 4.19. The average molecular weight is 248 g/mol. The summed E-state index contributed by atoms with van der Waals surface area (Å²) in [6.07, 6.45) is 1.77. The van der Waals surface area contributed by atoms with Crippen LogP contribution >= 0.6 is 0 Å². The second-order valence-electron chi connectivity index (χ2n) is 4.89. The highest BCUT2D eigenvalue weighted by molar-refractivity contribution is 5.66. The SMILES string of the molecule is Cc1nn(C)c(C)c1-c1oncc1CNC(C)C. The first-order valence-corrected chi connectivity index (χ1v) is 6.18. The number of nitrogens with zero attached hydrogens (tertiary/aromatic N) is 3. The summed E-state index contributed by atoms with van der Waals surface area (Å²) in [4.78, 5) is 0. The molecular weight excluding hydrogens is 228 g/mol. The minimum atomic E-state index is 0.434. The Hall–Kier alpha value is -1.62. The molecule has 0 unspecified atom stereocenters. The molecule has 2 aromatic heterocycles. The third-order valence-corrected chi connectivity index (χ3v) is 3.08. The van der Waals surface area contributed by atoms with E-state index in [-0.39, 0.29) is 0 Å². The zero-order valence-corrected chi connectivity index (χ0v) is 11.6. The van der Waals surface area contributed by atoms with Crippen molar-refractivity contribution in [1.29, 1.82) is 0 Å². The summed E-state index contributed by atoms with van der Waals surface area (Å²) < 4.78 is 7.28. The topological polar surface area (TPSA) is 55.9 Å². The van der Waals surface area contributed by atoms with Gasteiger partial charge < -0.3 is 9.84 Å². The zero-order chi connectivity index (χ0) is 13.3. The summed E-state index contributed by atoms with van der Waals surface area (Å²) in [6, 6.07) is 0.434. The van der Waals surface area contributed by atoms with E-state index in [9.17, 15) is 0 Å². The van der Waals surface area contributed by atoms with Gasteiger partial charge in [0.25, 0.3) is 0 Å². The lowest BCUT2D eigenvalue weighted by Crippen LogP contribution is -2.21. The maximum absolute atomic E-state index is 5.41. The Morgan fingerprint density at radius 2 is 2.11 bits per heavy atom. The molecule has 5 nitrogen and oxygen atoms in total. The van der Waals surface area contributed by atoms with Crippen LogP contribution in [0.1, 0.15) is 30.8 Å². The standard InChI is InChI=1S/C13H20N4O/c1-8(2)14-6-11-7-15-18-13(11)12-9(3)16-17(5)10(12)4/h7-8,14H,6H2,1-5H3. The van der Waals surface area contributed by atoms with Gasteiger partial charge in [-0.25, -0.2) is 0 Å². The van der Waals surface area contributed by atoms with Crippen molar-refractivity contribution in [3.8, 4) is 11.3 Å². The van der Waals surface area contributed by atoms with Gasteiger partial charge in [0.05, 0.1) is 17.5 Å². The number of hydrogen-bond acceptors (Lipinski definition) is 4. The van der Waals surface area contributed by atoms with Crippen molar-refractivity contribution in [3.63, 3.8) is 0 Å². The molecule has 1 N–H and O–H groups in total. The molecule has 2 rings (SSSR count). The fourth-order valence-electron chi connectivity index (χ4n) is 2.01. The molecule has 0 aliphatic carbocycles. The summed E-state index contributed by atoms with van der Waals surface area (Å²) >= 11 is 0. The number of aromatic nitrogens is 3. The highest BCUT2D eigenvalue weighted by Gasteiger charge is 2.19. The molecule has 2 heterocycles. The molecule has 5 heteroatoms. The van der Waals surface area contributed by atoms with Crippen molar-refractivity contribution < 1.29 is 4.52 Å². The molecule has 98 valence electrons. The van der Waals surface area contributed by atoms with Gasteiger partial charge >= 0.3 is 0 Å². The summed E-state index contributed by atoms with van der Waals surface area (Å²) in [5.74, 6) is 0.825. The molecule has 0 aliphatic rings. The second kappa shape index (κ2) is 4.94. The van der Waals surface area contributed by atoms with Crippen LogP contribution in [-0.2, 0) is 13.6 Å². The number of rotatable bonds is 4. The molecule has 0 saturated heterocycles. The Morgan fingerprint density at radius 1 is 1.39 bits per heavy atom. The predicted octanol–water partition coefficient (Wildman–Crippen LogP) is 2.19. The van der Waals surface area contributed by atoms with Crippen molar-refractivity contribution in [2.75, 3.05) is 0 Å². The molecule has 0 aromatic carbocycles. The van der Waals surface area contributed by atoms with E-state index in [1.807, 2.05) is 25.6 Å². The van der Waals surface area contributed by atoms with E-state index in [0.29, 0.717) is 6.04 Å². The van der Waals surface area contributed by atoms with Crippen LogP contribution in [0.15, 0.2) is 10.7 Å². The maximum atomic E-state index is 5.41. The zero-order valence-electron chi connectivity index (χ0n) is 11.6. The fourth-order valence-corrected chi connectivity index (χ4v) is 2.01. The summed E-state index contributed by atoms with van der Waals surface area (Å²) in [5, 5.41) is 11.7. The molecular formula is C13H20N4O. The van der Waals surface area contributed by atoms with Gasteiger partial charge in [-0.1, -0.05) is 19.0 Å². The first-order valence-electron chi connectivity index (χ1n) is 6.18. The van der Waals surface area contributed by atoms with Gasteiger partial charge in [0.15, 0.2) is 5.76 Å². The van der Waals surface area contributed by atoms with Gasteiger partial charge in [-0.15, -0.1) is 0 Å². The average Bonchev–Trinajstić information content (AvgIpc) is 2.82. The monoisotopic (exact) mass is 248 g/mol. The van der Waals surface area contributed by atoms with Crippen LogP contribution in [0.4, 0.5) is 0 Å². The van der Waals surface area contributed by atoms with Crippen molar-refractivity contribution in [3.05, 3.63) is 23.1 Å². The van der Waals surface area contributed by atoms with Crippen molar-refractivity contribution in [1.82, 2.24) is 20.3 Å².